The second kappa shape index (κ2) is 8.64. The zero-order valence-corrected chi connectivity index (χ0v) is 19.7. The minimum absolute atomic E-state index is 0.0172. The van der Waals surface area contributed by atoms with Crippen molar-refractivity contribution in [2.45, 2.75) is 30.2 Å². The molecular formula is C25H22N8OS. The number of nitrogens with zero attached hydrogens (tertiary/aromatic N) is 7. The van der Waals surface area contributed by atoms with Gasteiger partial charge in [0.1, 0.15) is 29.4 Å². The molecule has 0 amide bonds. The maximum Gasteiger partial charge on any atom is 0.147 e. The summed E-state index contributed by atoms with van der Waals surface area (Å²) < 4.78 is 14.6. The van der Waals surface area contributed by atoms with E-state index in [4.69, 9.17) is 0 Å². The molecule has 0 aromatic carbocycles. The summed E-state index contributed by atoms with van der Waals surface area (Å²) in [5, 5.41) is 20.4. The van der Waals surface area contributed by atoms with Crippen LogP contribution in [0.1, 0.15) is 30.0 Å². The van der Waals surface area contributed by atoms with E-state index in [-0.39, 0.29) is 12.0 Å². The first-order valence-corrected chi connectivity index (χ1v) is 12.9. The molecule has 2 aliphatic heterocycles. The summed E-state index contributed by atoms with van der Waals surface area (Å²) in [6.45, 7) is 1.42. The number of pyridine rings is 1. The highest BCUT2D eigenvalue weighted by Gasteiger charge is 2.34. The van der Waals surface area contributed by atoms with Crippen molar-refractivity contribution in [2.75, 3.05) is 23.7 Å². The zero-order valence-electron chi connectivity index (χ0n) is 18.9. The Morgan fingerprint density at radius 3 is 3.03 bits per heavy atom. The molecule has 3 unspecified atom stereocenters. The fourth-order valence-corrected chi connectivity index (χ4v) is 6.79. The van der Waals surface area contributed by atoms with E-state index in [1.807, 2.05) is 24.5 Å². The Kier molecular flexibility index (Phi) is 5.31. The predicted octanol–water partition coefficient (Wildman–Crippen LogP) is 3.34. The van der Waals surface area contributed by atoms with Gasteiger partial charge in [0.2, 0.25) is 0 Å². The smallest absolute Gasteiger partial charge is 0.147 e. The molecule has 1 N–H and O–H groups in total. The van der Waals surface area contributed by atoms with Crippen molar-refractivity contribution < 1.29 is 4.21 Å². The van der Waals surface area contributed by atoms with Crippen molar-refractivity contribution in [2.24, 2.45) is 5.92 Å². The topological polar surface area (TPSA) is 127 Å². The van der Waals surface area contributed by atoms with Crippen LogP contribution in [-0.4, -0.2) is 47.6 Å². The van der Waals surface area contributed by atoms with Crippen LogP contribution in [0.4, 0.5) is 5.82 Å². The minimum Gasteiger partial charge on any atom is -0.355 e. The molecule has 1 fully saturated rings. The number of fused-ring (bicyclic) bond motifs is 2. The molecule has 4 aromatic heterocycles. The van der Waals surface area contributed by atoms with Gasteiger partial charge < -0.3 is 14.5 Å². The Bertz CT molecular complexity index is 1540. The Labute approximate surface area is 204 Å². The highest BCUT2D eigenvalue weighted by atomic mass is 32.2. The van der Waals surface area contributed by atoms with E-state index < -0.39 is 10.8 Å². The summed E-state index contributed by atoms with van der Waals surface area (Å²) in [6, 6.07) is 8.60. The summed E-state index contributed by atoms with van der Waals surface area (Å²) in [6.07, 6.45) is 11.2. The van der Waals surface area contributed by atoms with Crippen molar-refractivity contribution in [3.05, 3.63) is 54.4 Å². The first-order chi connectivity index (χ1) is 17.2. The Balaban J connectivity index is 1.28. The van der Waals surface area contributed by atoms with Gasteiger partial charge in [-0.05, 0) is 36.5 Å². The Hall–Kier alpha value is -4.02. The molecule has 0 aliphatic carbocycles. The van der Waals surface area contributed by atoms with Gasteiger partial charge in [-0.3, -0.25) is 4.21 Å². The van der Waals surface area contributed by atoms with Gasteiger partial charge >= 0.3 is 0 Å². The molecule has 10 heteroatoms. The standard InChI is InChI=1S/C25H22N8OS/c26-6-1-21(32-8-4-18(14-32)22-19-2-7-28-24(19)31-15-30-22)17-3-9-33(13-17)25-20(11-27)23-16(12-29-25)5-10-35(23)34/h2,4,7-8,12,14-15,17,21H,1,3,5,9-10,13H2,(H,28,30,31). The molecule has 4 aromatic rings. The molecule has 2 aliphatic rings. The third-order valence-corrected chi connectivity index (χ3v) is 8.57. The Morgan fingerprint density at radius 2 is 2.17 bits per heavy atom. The van der Waals surface area contributed by atoms with Gasteiger partial charge in [0.25, 0.3) is 0 Å². The number of anilines is 1. The second-order valence-corrected chi connectivity index (χ2v) is 10.5. The summed E-state index contributed by atoms with van der Waals surface area (Å²) in [7, 11) is -1.14. The van der Waals surface area contributed by atoms with Crippen LogP contribution in [0.25, 0.3) is 22.3 Å². The molecule has 0 bridgehead atoms. The number of H-pyrrole nitrogens is 1. The zero-order chi connectivity index (χ0) is 23.9. The highest BCUT2D eigenvalue weighted by molar-refractivity contribution is 7.85. The SMILES string of the molecule is N#CCC(C1CCN(c2ncc3c(c2C#N)S(=O)CC3)C1)n1ccc(-c2ncnc3[nH]ccc23)c1. The molecule has 1 saturated heterocycles. The summed E-state index contributed by atoms with van der Waals surface area (Å²) in [5.74, 6) is 1.38. The Morgan fingerprint density at radius 1 is 1.26 bits per heavy atom. The highest BCUT2D eigenvalue weighted by Crippen LogP contribution is 2.37. The maximum absolute atomic E-state index is 12.5. The summed E-state index contributed by atoms with van der Waals surface area (Å²) in [5.41, 5.74) is 3.98. The van der Waals surface area contributed by atoms with E-state index in [1.54, 1.807) is 12.5 Å². The molecule has 0 radical (unpaired) electrons. The number of nitrogens with one attached hydrogen (secondary N) is 1. The van der Waals surface area contributed by atoms with E-state index >= 15 is 0 Å². The third kappa shape index (κ3) is 3.58. The normalized spacial score (nSPS) is 20.0. The number of rotatable bonds is 5. The minimum atomic E-state index is -1.14. The van der Waals surface area contributed by atoms with Crippen molar-refractivity contribution >= 4 is 27.7 Å². The van der Waals surface area contributed by atoms with E-state index in [0.29, 0.717) is 41.4 Å². The number of aromatic nitrogens is 5. The number of aromatic amines is 1. The third-order valence-electron chi connectivity index (χ3n) is 7.07. The van der Waals surface area contributed by atoms with Crippen LogP contribution in [0.15, 0.2) is 48.1 Å². The lowest BCUT2D eigenvalue weighted by Gasteiger charge is -2.24. The maximum atomic E-state index is 12.5. The lowest BCUT2D eigenvalue weighted by atomic mass is 9.96. The van der Waals surface area contributed by atoms with E-state index in [1.165, 1.54) is 0 Å². The quantitative estimate of drug-likeness (QED) is 0.462. The molecule has 35 heavy (non-hydrogen) atoms. The van der Waals surface area contributed by atoms with Gasteiger partial charge in [-0.15, -0.1) is 0 Å². The lowest BCUT2D eigenvalue weighted by molar-refractivity contribution is 0.360. The van der Waals surface area contributed by atoms with Gasteiger partial charge in [-0.1, -0.05) is 0 Å². The van der Waals surface area contributed by atoms with Crippen molar-refractivity contribution in [3.8, 4) is 23.4 Å². The molecule has 3 atom stereocenters. The number of nitriles is 2. The molecule has 0 spiro atoms. The van der Waals surface area contributed by atoms with Crippen LogP contribution in [0, 0.1) is 28.6 Å². The largest absolute Gasteiger partial charge is 0.355 e. The van der Waals surface area contributed by atoms with Crippen LogP contribution < -0.4 is 4.90 Å². The second-order valence-electron chi connectivity index (χ2n) is 8.96. The van der Waals surface area contributed by atoms with Gasteiger partial charge in [0.05, 0.1) is 39.9 Å². The van der Waals surface area contributed by atoms with E-state index in [9.17, 15) is 14.7 Å². The van der Waals surface area contributed by atoms with Gasteiger partial charge in [-0.25, -0.2) is 15.0 Å². The van der Waals surface area contributed by atoms with Crippen LogP contribution in [-0.2, 0) is 17.2 Å². The fourth-order valence-electron chi connectivity index (χ4n) is 5.37. The predicted molar refractivity (Wildman–Crippen MR) is 131 cm³/mol. The van der Waals surface area contributed by atoms with Gasteiger partial charge in [0, 0.05) is 54.6 Å². The van der Waals surface area contributed by atoms with Crippen LogP contribution in [0.5, 0.6) is 0 Å². The van der Waals surface area contributed by atoms with Gasteiger partial charge in [-0.2, -0.15) is 10.5 Å². The first kappa shape index (κ1) is 21.5. The molecule has 6 heterocycles. The van der Waals surface area contributed by atoms with Crippen LogP contribution >= 0.6 is 0 Å². The number of aryl methyl sites for hydroxylation is 1. The average molecular weight is 483 g/mol. The van der Waals surface area contributed by atoms with E-state index in [0.717, 1.165) is 40.8 Å². The summed E-state index contributed by atoms with van der Waals surface area (Å²) in [4.78, 5) is 19.2. The lowest BCUT2D eigenvalue weighted by Crippen LogP contribution is -2.26. The fraction of sp³-hybridized carbons (Fsp3) is 0.320. The first-order valence-electron chi connectivity index (χ1n) is 11.6. The van der Waals surface area contributed by atoms with Crippen molar-refractivity contribution in [1.82, 2.24) is 24.5 Å². The molecular weight excluding hydrogens is 460 g/mol. The average Bonchev–Trinajstić information content (AvgIpc) is 3.68. The molecule has 9 nitrogen and oxygen atoms in total. The molecule has 0 saturated carbocycles. The van der Waals surface area contributed by atoms with Gasteiger partial charge in [0.15, 0.2) is 0 Å². The summed E-state index contributed by atoms with van der Waals surface area (Å²) >= 11 is 0. The van der Waals surface area contributed by atoms with E-state index in [2.05, 4.69) is 47.7 Å². The van der Waals surface area contributed by atoms with Crippen LogP contribution in [0.2, 0.25) is 0 Å². The monoisotopic (exact) mass is 482 g/mol. The molecule has 6 rings (SSSR count). The van der Waals surface area contributed by atoms with Crippen molar-refractivity contribution in [3.63, 3.8) is 0 Å². The van der Waals surface area contributed by atoms with Crippen LogP contribution in [0.3, 0.4) is 0 Å². The number of hydrogen-bond donors (Lipinski definition) is 1. The molecule has 174 valence electrons. The van der Waals surface area contributed by atoms with Crippen molar-refractivity contribution in [1.29, 1.82) is 10.5 Å². The number of hydrogen-bond acceptors (Lipinski definition) is 7.